The molecule has 72 valence electrons. The van der Waals surface area contributed by atoms with Crippen LogP contribution in [0.15, 0.2) is 24.3 Å². The fourth-order valence-electron chi connectivity index (χ4n) is 1.59. The third-order valence-corrected chi connectivity index (χ3v) is 2.50. The first-order valence-electron chi connectivity index (χ1n) is 5.00. The van der Waals surface area contributed by atoms with Gasteiger partial charge in [-0.05, 0) is 12.0 Å². The minimum atomic E-state index is 0.521. The monoisotopic (exact) mass is 187 g/mol. The molecule has 2 radical (unpaired) electrons. The van der Waals surface area contributed by atoms with Crippen molar-refractivity contribution in [2.45, 2.75) is 19.0 Å². The quantitative estimate of drug-likeness (QED) is 0.689. The molecule has 0 bridgehead atoms. The molecular formula is C11H14BNO. The summed E-state index contributed by atoms with van der Waals surface area (Å²) in [7, 11) is 5.60. The summed E-state index contributed by atoms with van der Waals surface area (Å²) in [6, 6.07) is 8.49. The third kappa shape index (κ3) is 2.60. The van der Waals surface area contributed by atoms with E-state index >= 15 is 0 Å². The van der Waals surface area contributed by atoms with Crippen LogP contribution in [-0.2, 0) is 11.3 Å². The van der Waals surface area contributed by atoms with Crippen molar-refractivity contribution in [3.05, 3.63) is 29.8 Å². The van der Waals surface area contributed by atoms with Crippen molar-refractivity contribution in [3.8, 4) is 0 Å². The third-order valence-electron chi connectivity index (χ3n) is 2.50. The fourth-order valence-corrected chi connectivity index (χ4v) is 1.59. The van der Waals surface area contributed by atoms with Crippen molar-refractivity contribution < 1.29 is 4.74 Å². The summed E-state index contributed by atoms with van der Waals surface area (Å²) in [5.41, 5.74) is 2.09. The molecule has 1 aliphatic rings. The van der Waals surface area contributed by atoms with Crippen molar-refractivity contribution in [1.82, 2.24) is 5.32 Å². The average molecular weight is 187 g/mol. The standard InChI is InChI=1S/C11H14BNO/c12-10-3-1-9(2-4-10)7-13-11-5-6-14-8-11/h1-4,11,13H,5-8H2. The predicted molar refractivity (Wildman–Crippen MR) is 57.9 cm³/mol. The van der Waals surface area contributed by atoms with Gasteiger partial charge in [0.25, 0.3) is 0 Å². The maximum atomic E-state index is 5.60. The van der Waals surface area contributed by atoms with Gasteiger partial charge in [-0.25, -0.2) is 0 Å². The van der Waals surface area contributed by atoms with Gasteiger partial charge < -0.3 is 10.1 Å². The van der Waals surface area contributed by atoms with Gasteiger partial charge in [0.15, 0.2) is 0 Å². The van der Waals surface area contributed by atoms with E-state index < -0.39 is 0 Å². The Bertz CT molecular complexity index is 280. The first kappa shape index (κ1) is 9.75. The number of ether oxygens (including phenoxy) is 1. The van der Waals surface area contributed by atoms with Gasteiger partial charge in [0, 0.05) is 19.2 Å². The average Bonchev–Trinajstić information content (AvgIpc) is 2.70. The van der Waals surface area contributed by atoms with E-state index in [4.69, 9.17) is 12.6 Å². The smallest absolute Gasteiger partial charge is 0.113 e. The topological polar surface area (TPSA) is 21.3 Å². The molecule has 1 aromatic carbocycles. The van der Waals surface area contributed by atoms with Crippen LogP contribution >= 0.6 is 0 Å². The second kappa shape index (κ2) is 4.62. The van der Waals surface area contributed by atoms with Gasteiger partial charge in [-0.3, -0.25) is 0 Å². The molecular weight excluding hydrogens is 173 g/mol. The van der Waals surface area contributed by atoms with Crippen LogP contribution in [0.4, 0.5) is 0 Å². The minimum absolute atomic E-state index is 0.521. The molecule has 0 amide bonds. The largest absolute Gasteiger partial charge is 0.380 e. The van der Waals surface area contributed by atoms with Crippen molar-refractivity contribution in [2.24, 2.45) is 0 Å². The Kier molecular flexibility index (Phi) is 3.22. The summed E-state index contributed by atoms with van der Waals surface area (Å²) < 4.78 is 5.28. The first-order valence-corrected chi connectivity index (χ1v) is 5.00. The summed E-state index contributed by atoms with van der Waals surface area (Å²) in [5.74, 6) is 0. The molecule has 1 unspecified atom stereocenters. The molecule has 1 atom stereocenters. The van der Waals surface area contributed by atoms with Gasteiger partial charge in [0.1, 0.15) is 7.85 Å². The number of hydrogen-bond acceptors (Lipinski definition) is 2. The van der Waals surface area contributed by atoms with Crippen LogP contribution in [-0.4, -0.2) is 27.1 Å². The van der Waals surface area contributed by atoms with Crippen LogP contribution in [0.1, 0.15) is 12.0 Å². The highest BCUT2D eigenvalue weighted by Gasteiger charge is 2.13. The fraction of sp³-hybridized carbons (Fsp3) is 0.455. The van der Waals surface area contributed by atoms with Gasteiger partial charge >= 0.3 is 0 Å². The van der Waals surface area contributed by atoms with E-state index in [9.17, 15) is 0 Å². The second-order valence-corrected chi connectivity index (χ2v) is 3.68. The number of rotatable bonds is 3. The summed E-state index contributed by atoms with van der Waals surface area (Å²) >= 11 is 0. The Balaban J connectivity index is 1.82. The zero-order chi connectivity index (χ0) is 9.80. The molecule has 0 aliphatic carbocycles. The molecule has 2 nitrogen and oxygen atoms in total. The molecule has 1 saturated heterocycles. The van der Waals surface area contributed by atoms with E-state index in [-0.39, 0.29) is 0 Å². The highest BCUT2D eigenvalue weighted by atomic mass is 16.5. The lowest BCUT2D eigenvalue weighted by Gasteiger charge is -2.10. The van der Waals surface area contributed by atoms with Crippen molar-refractivity contribution in [3.63, 3.8) is 0 Å². The van der Waals surface area contributed by atoms with Crippen LogP contribution in [0.25, 0.3) is 0 Å². The zero-order valence-electron chi connectivity index (χ0n) is 8.20. The molecule has 1 fully saturated rings. The van der Waals surface area contributed by atoms with Crippen LogP contribution in [0.5, 0.6) is 0 Å². The molecule has 1 aliphatic heterocycles. The lowest BCUT2D eigenvalue weighted by atomic mass is 9.95. The van der Waals surface area contributed by atoms with Gasteiger partial charge in [-0.15, -0.1) is 0 Å². The maximum absolute atomic E-state index is 5.60. The Morgan fingerprint density at radius 3 is 2.79 bits per heavy atom. The summed E-state index contributed by atoms with van der Waals surface area (Å²) in [6.45, 7) is 2.63. The molecule has 1 aromatic rings. The van der Waals surface area contributed by atoms with E-state index in [1.807, 2.05) is 12.1 Å². The molecule has 0 spiro atoms. The Morgan fingerprint density at radius 1 is 1.36 bits per heavy atom. The van der Waals surface area contributed by atoms with Crippen LogP contribution in [0.3, 0.4) is 0 Å². The normalized spacial score (nSPS) is 21.3. The minimum Gasteiger partial charge on any atom is -0.380 e. The van der Waals surface area contributed by atoms with Crippen molar-refractivity contribution >= 4 is 13.3 Å². The molecule has 1 N–H and O–H groups in total. The van der Waals surface area contributed by atoms with Crippen molar-refractivity contribution in [1.29, 1.82) is 0 Å². The molecule has 1 heterocycles. The molecule has 3 heteroatoms. The lowest BCUT2D eigenvalue weighted by molar-refractivity contribution is 0.190. The summed E-state index contributed by atoms with van der Waals surface area (Å²) in [5, 5.41) is 3.45. The van der Waals surface area contributed by atoms with Gasteiger partial charge in [-0.1, -0.05) is 29.7 Å². The van der Waals surface area contributed by atoms with E-state index in [0.29, 0.717) is 6.04 Å². The highest BCUT2D eigenvalue weighted by molar-refractivity contribution is 6.32. The van der Waals surface area contributed by atoms with Crippen LogP contribution < -0.4 is 10.8 Å². The molecule has 14 heavy (non-hydrogen) atoms. The first-order chi connectivity index (χ1) is 6.84. The van der Waals surface area contributed by atoms with Crippen LogP contribution in [0.2, 0.25) is 0 Å². The second-order valence-electron chi connectivity index (χ2n) is 3.68. The maximum Gasteiger partial charge on any atom is 0.113 e. The Labute approximate surface area is 86.1 Å². The van der Waals surface area contributed by atoms with E-state index in [0.717, 1.165) is 31.6 Å². The summed E-state index contributed by atoms with van der Waals surface area (Å²) in [6.07, 6.45) is 1.12. The number of benzene rings is 1. The van der Waals surface area contributed by atoms with E-state index in [2.05, 4.69) is 17.4 Å². The van der Waals surface area contributed by atoms with Gasteiger partial charge in [0.05, 0.1) is 6.61 Å². The van der Waals surface area contributed by atoms with Crippen molar-refractivity contribution in [2.75, 3.05) is 13.2 Å². The van der Waals surface area contributed by atoms with E-state index in [1.165, 1.54) is 5.56 Å². The number of nitrogens with one attached hydrogen (secondary N) is 1. The Hall–Kier alpha value is -0.795. The van der Waals surface area contributed by atoms with Crippen LogP contribution in [0, 0.1) is 0 Å². The summed E-state index contributed by atoms with van der Waals surface area (Å²) in [4.78, 5) is 0. The SMILES string of the molecule is [B]c1ccc(CNC2CCOC2)cc1. The highest BCUT2D eigenvalue weighted by Crippen LogP contribution is 2.04. The molecule has 2 rings (SSSR count). The van der Waals surface area contributed by atoms with Gasteiger partial charge in [0.2, 0.25) is 0 Å². The Morgan fingerprint density at radius 2 is 2.14 bits per heavy atom. The molecule has 0 saturated carbocycles. The lowest BCUT2D eigenvalue weighted by Crippen LogP contribution is -2.28. The zero-order valence-corrected chi connectivity index (χ0v) is 8.20. The van der Waals surface area contributed by atoms with Gasteiger partial charge in [-0.2, -0.15) is 0 Å². The van der Waals surface area contributed by atoms with E-state index in [1.54, 1.807) is 0 Å². The predicted octanol–water partition coefficient (Wildman–Crippen LogP) is 0.359. The molecule has 0 aromatic heterocycles. The number of hydrogen-bond donors (Lipinski definition) is 1.